The number of hydrogen-bond acceptors (Lipinski definition) is 3. The Morgan fingerprint density at radius 2 is 2.46 bits per heavy atom. The fourth-order valence-corrected chi connectivity index (χ4v) is 1.89. The van der Waals surface area contributed by atoms with Gasteiger partial charge >= 0.3 is 0 Å². The van der Waals surface area contributed by atoms with Crippen LogP contribution < -0.4 is 10.9 Å². The maximum atomic E-state index is 10.8. The fourth-order valence-electron chi connectivity index (χ4n) is 1.89. The SMILES string of the molecule is C[C@H]1C[C@@H](c2cc(=O)[nH]o2)CCN1. The zero-order valence-corrected chi connectivity index (χ0v) is 7.67. The molecule has 2 atom stereocenters. The number of nitrogens with one attached hydrogen (secondary N) is 2. The summed E-state index contributed by atoms with van der Waals surface area (Å²) in [6.45, 7) is 3.15. The van der Waals surface area contributed by atoms with Gasteiger partial charge in [-0.2, -0.15) is 5.16 Å². The summed E-state index contributed by atoms with van der Waals surface area (Å²) in [5.41, 5.74) is -0.138. The highest BCUT2D eigenvalue weighted by Crippen LogP contribution is 2.26. The molecule has 0 radical (unpaired) electrons. The van der Waals surface area contributed by atoms with Gasteiger partial charge in [0.1, 0.15) is 5.76 Å². The molecular weight excluding hydrogens is 168 g/mol. The second kappa shape index (κ2) is 3.38. The minimum atomic E-state index is -0.138. The third-order valence-electron chi connectivity index (χ3n) is 2.57. The van der Waals surface area contributed by atoms with E-state index in [1.54, 1.807) is 6.07 Å². The molecule has 1 aromatic heterocycles. The van der Waals surface area contributed by atoms with Gasteiger partial charge in [0.05, 0.1) is 0 Å². The molecule has 2 rings (SSSR count). The largest absolute Gasteiger partial charge is 0.383 e. The van der Waals surface area contributed by atoms with Crippen molar-refractivity contribution >= 4 is 0 Å². The number of piperidine rings is 1. The van der Waals surface area contributed by atoms with Gasteiger partial charge < -0.3 is 9.84 Å². The van der Waals surface area contributed by atoms with Gasteiger partial charge in [-0.1, -0.05) is 0 Å². The summed E-state index contributed by atoms with van der Waals surface area (Å²) in [5.74, 6) is 1.20. The number of aromatic nitrogens is 1. The van der Waals surface area contributed by atoms with E-state index in [2.05, 4.69) is 17.4 Å². The Kier molecular flexibility index (Phi) is 2.22. The van der Waals surface area contributed by atoms with E-state index in [0.29, 0.717) is 12.0 Å². The zero-order chi connectivity index (χ0) is 9.26. The molecule has 0 amide bonds. The summed E-state index contributed by atoms with van der Waals surface area (Å²) in [4.78, 5) is 10.8. The lowest BCUT2D eigenvalue weighted by Crippen LogP contribution is -2.34. The molecule has 0 bridgehead atoms. The molecule has 2 N–H and O–H groups in total. The molecule has 13 heavy (non-hydrogen) atoms. The van der Waals surface area contributed by atoms with Crippen molar-refractivity contribution in [3.05, 3.63) is 22.2 Å². The van der Waals surface area contributed by atoms with E-state index in [1.807, 2.05) is 0 Å². The van der Waals surface area contributed by atoms with Crippen molar-refractivity contribution in [2.45, 2.75) is 31.7 Å². The van der Waals surface area contributed by atoms with Gasteiger partial charge in [-0.25, -0.2) is 0 Å². The van der Waals surface area contributed by atoms with Crippen molar-refractivity contribution in [2.75, 3.05) is 6.54 Å². The molecule has 1 saturated heterocycles. The summed E-state index contributed by atoms with van der Waals surface area (Å²) in [6.07, 6.45) is 2.09. The van der Waals surface area contributed by atoms with Crippen LogP contribution in [0, 0.1) is 0 Å². The van der Waals surface area contributed by atoms with Gasteiger partial charge in [-0.3, -0.25) is 4.79 Å². The first-order valence-corrected chi connectivity index (χ1v) is 4.67. The van der Waals surface area contributed by atoms with Crippen LogP contribution in [0.3, 0.4) is 0 Å². The minimum Gasteiger partial charge on any atom is -0.383 e. The van der Waals surface area contributed by atoms with E-state index in [0.717, 1.165) is 25.1 Å². The molecule has 0 spiro atoms. The first-order chi connectivity index (χ1) is 6.25. The molecule has 0 aliphatic carbocycles. The Morgan fingerprint density at radius 1 is 1.62 bits per heavy atom. The lowest BCUT2D eigenvalue weighted by molar-refractivity contribution is 0.301. The predicted molar refractivity (Wildman–Crippen MR) is 48.8 cm³/mol. The van der Waals surface area contributed by atoms with Crippen LogP contribution in [0.15, 0.2) is 15.4 Å². The van der Waals surface area contributed by atoms with Crippen molar-refractivity contribution in [1.82, 2.24) is 10.5 Å². The summed E-state index contributed by atoms with van der Waals surface area (Å²) in [5, 5.41) is 5.69. The van der Waals surface area contributed by atoms with E-state index in [9.17, 15) is 4.79 Å². The lowest BCUT2D eigenvalue weighted by atomic mass is 9.91. The van der Waals surface area contributed by atoms with E-state index < -0.39 is 0 Å². The van der Waals surface area contributed by atoms with Crippen LogP contribution in [-0.4, -0.2) is 17.7 Å². The van der Waals surface area contributed by atoms with Crippen LogP contribution in [-0.2, 0) is 0 Å². The van der Waals surface area contributed by atoms with Crippen LogP contribution in [0.1, 0.15) is 31.4 Å². The molecule has 0 unspecified atom stereocenters. The average Bonchev–Trinajstić information content (AvgIpc) is 2.52. The Balaban J connectivity index is 2.12. The normalized spacial score (nSPS) is 29.0. The number of hydrogen-bond donors (Lipinski definition) is 2. The molecular formula is C9H14N2O2. The summed E-state index contributed by atoms with van der Waals surface area (Å²) in [6, 6.07) is 2.07. The molecule has 0 saturated carbocycles. The second-order valence-corrected chi connectivity index (χ2v) is 3.69. The van der Waals surface area contributed by atoms with Gasteiger partial charge in [0, 0.05) is 18.0 Å². The van der Waals surface area contributed by atoms with E-state index in [4.69, 9.17) is 4.52 Å². The lowest BCUT2D eigenvalue weighted by Gasteiger charge is -2.25. The molecule has 4 nitrogen and oxygen atoms in total. The molecule has 1 aliphatic rings. The second-order valence-electron chi connectivity index (χ2n) is 3.69. The fraction of sp³-hybridized carbons (Fsp3) is 0.667. The highest BCUT2D eigenvalue weighted by Gasteiger charge is 2.22. The third kappa shape index (κ3) is 1.83. The van der Waals surface area contributed by atoms with Crippen molar-refractivity contribution in [3.63, 3.8) is 0 Å². The zero-order valence-electron chi connectivity index (χ0n) is 7.67. The van der Waals surface area contributed by atoms with E-state index >= 15 is 0 Å². The van der Waals surface area contributed by atoms with Crippen molar-refractivity contribution in [3.8, 4) is 0 Å². The summed E-state index contributed by atoms with van der Waals surface area (Å²) in [7, 11) is 0. The Bertz CT molecular complexity index is 328. The van der Waals surface area contributed by atoms with Gasteiger partial charge in [0.15, 0.2) is 0 Å². The molecule has 1 aliphatic heterocycles. The van der Waals surface area contributed by atoms with Crippen molar-refractivity contribution < 1.29 is 4.52 Å². The van der Waals surface area contributed by atoms with Gasteiger partial charge in [0.2, 0.25) is 0 Å². The van der Waals surface area contributed by atoms with E-state index in [-0.39, 0.29) is 5.56 Å². The highest BCUT2D eigenvalue weighted by molar-refractivity contribution is 5.04. The molecule has 2 heterocycles. The molecule has 1 fully saturated rings. The average molecular weight is 182 g/mol. The Hall–Kier alpha value is -1.03. The first-order valence-electron chi connectivity index (χ1n) is 4.67. The predicted octanol–water partition coefficient (Wildman–Crippen LogP) is 0.823. The standard InChI is InChI=1S/C9H14N2O2/c1-6-4-7(2-3-10-6)8-5-9(12)11-13-8/h5-7,10H,2-4H2,1H3,(H,11,12)/t6-,7-/m0/s1. The first kappa shape index (κ1) is 8.56. The van der Waals surface area contributed by atoms with Crippen LogP contribution in [0.4, 0.5) is 0 Å². The van der Waals surface area contributed by atoms with Crippen molar-refractivity contribution in [2.24, 2.45) is 0 Å². The number of rotatable bonds is 1. The summed E-state index contributed by atoms with van der Waals surface area (Å²) < 4.78 is 5.09. The monoisotopic (exact) mass is 182 g/mol. The van der Waals surface area contributed by atoms with Crippen LogP contribution in [0.5, 0.6) is 0 Å². The quantitative estimate of drug-likeness (QED) is 0.676. The molecule has 4 heteroatoms. The van der Waals surface area contributed by atoms with Gasteiger partial charge in [-0.15, -0.1) is 0 Å². The number of aromatic amines is 1. The van der Waals surface area contributed by atoms with Gasteiger partial charge in [-0.05, 0) is 26.3 Å². The molecule has 0 aromatic carbocycles. The van der Waals surface area contributed by atoms with Crippen LogP contribution in [0.25, 0.3) is 0 Å². The summed E-state index contributed by atoms with van der Waals surface area (Å²) >= 11 is 0. The maximum absolute atomic E-state index is 10.8. The van der Waals surface area contributed by atoms with Crippen LogP contribution >= 0.6 is 0 Å². The van der Waals surface area contributed by atoms with Crippen LogP contribution in [0.2, 0.25) is 0 Å². The Morgan fingerprint density at radius 3 is 3.08 bits per heavy atom. The third-order valence-corrected chi connectivity index (χ3v) is 2.57. The van der Waals surface area contributed by atoms with Crippen molar-refractivity contribution in [1.29, 1.82) is 0 Å². The van der Waals surface area contributed by atoms with E-state index in [1.165, 1.54) is 0 Å². The molecule has 1 aromatic rings. The molecule has 72 valence electrons. The topological polar surface area (TPSA) is 58.0 Å². The smallest absolute Gasteiger partial charge is 0.280 e. The maximum Gasteiger partial charge on any atom is 0.280 e. The number of H-pyrrole nitrogens is 1. The Labute approximate surface area is 76.3 Å². The van der Waals surface area contributed by atoms with Gasteiger partial charge in [0.25, 0.3) is 5.56 Å². The minimum absolute atomic E-state index is 0.138. The highest BCUT2D eigenvalue weighted by atomic mass is 16.5.